The zero-order chi connectivity index (χ0) is 21.5. The summed E-state index contributed by atoms with van der Waals surface area (Å²) < 4.78 is 5.13. The van der Waals surface area contributed by atoms with Gasteiger partial charge in [-0.15, -0.1) is 0 Å². The van der Waals surface area contributed by atoms with E-state index in [0.29, 0.717) is 16.8 Å². The molecule has 0 heterocycles. The largest absolute Gasteiger partial charge is 0.457 e. The summed E-state index contributed by atoms with van der Waals surface area (Å²) >= 11 is 0. The molecule has 0 spiro atoms. The molecule has 0 unspecified atom stereocenters. The van der Waals surface area contributed by atoms with Gasteiger partial charge in [-0.2, -0.15) is 0 Å². The highest BCUT2D eigenvalue weighted by molar-refractivity contribution is 6.04. The SMILES string of the molecule is Cc1ccc(CC(=O)OCC(=O)c2ccc(NC(=O)c3ccccc3)cc2)cc1C. The second-order valence-corrected chi connectivity index (χ2v) is 7.08. The van der Waals surface area contributed by atoms with Gasteiger partial charge in [0.25, 0.3) is 5.91 Å². The zero-order valence-electron chi connectivity index (χ0n) is 17.0. The van der Waals surface area contributed by atoms with Gasteiger partial charge in [0, 0.05) is 16.8 Å². The Balaban J connectivity index is 1.51. The van der Waals surface area contributed by atoms with Crippen LogP contribution >= 0.6 is 0 Å². The summed E-state index contributed by atoms with van der Waals surface area (Å²) in [6.07, 6.45) is 0.124. The number of benzene rings is 3. The molecule has 0 saturated heterocycles. The van der Waals surface area contributed by atoms with Crippen molar-refractivity contribution in [2.45, 2.75) is 20.3 Å². The highest BCUT2D eigenvalue weighted by atomic mass is 16.5. The number of hydrogen-bond acceptors (Lipinski definition) is 4. The third-order valence-electron chi connectivity index (χ3n) is 4.78. The summed E-state index contributed by atoms with van der Waals surface area (Å²) in [5.74, 6) is -0.974. The van der Waals surface area contributed by atoms with E-state index in [9.17, 15) is 14.4 Å². The van der Waals surface area contributed by atoms with Crippen molar-refractivity contribution < 1.29 is 19.1 Å². The third-order valence-corrected chi connectivity index (χ3v) is 4.78. The molecule has 0 atom stereocenters. The van der Waals surface area contributed by atoms with Crippen molar-refractivity contribution in [3.05, 3.63) is 101 Å². The summed E-state index contributed by atoms with van der Waals surface area (Å²) in [5, 5.41) is 2.77. The molecule has 3 aromatic rings. The van der Waals surface area contributed by atoms with Crippen molar-refractivity contribution in [2.24, 2.45) is 0 Å². The second kappa shape index (κ2) is 9.65. The minimum Gasteiger partial charge on any atom is -0.457 e. The number of esters is 1. The lowest BCUT2D eigenvalue weighted by molar-refractivity contribution is -0.141. The number of ketones is 1. The zero-order valence-corrected chi connectivity index (χ0v) is 17.0. The highest BCUT2D eigenvalue weighted by Gasteiger charge is 2.12. The fourth-order valence-corrected chi connectivity index (χ4v) is 2.89. The first-order chi connectivity index (χ1) is 14.4. The fraction of sp³-hybridized carbons (Fsp3) is 0.160. The smallest absolute Gasteiger partial charge is 0.310 e. The third kappa shape index (κ3) is 5.64. The summed E-state index contributed by atoms with van der Waals surface area (Å²) in [6.45, 7) is 3.67. The number of aryl methyl sites for hydroxylation is 2. The molecule has 5 nitrogen and oxygen atoms in total. The van der Waals surface area contributed by atoms with Gasteiger partial charge in [0.2, 0.25) is 0 Å². The number of nitrogens with one attached hydrogen (secondary N) is 1. The summed E-state index contributed by atoms with van der Waals surface area (Å²) in [5.41, 5.74) is 4.66. The lowest BCUT2D eigenvalue weighted by Crippen LogP contribution is -2.16. The van der Waals surface area contributed by atoms with Gasteiger partial charge < -0.3 is 10.1 Å². The monoisotopic (exact) mass is 401 g/mol. The predicted molar refractivity (Wildman–Crippen MR) is 116 cm³/mol. The van der Waals surface area contributed by atoms with Crippen molar-refractivity contribution in [3.8, 4) is 0 Å². The molecule has 0 aliphatic rings. The van der Waals surface area contributed by atoms with Gasteiger partial charge in [0.1, 0.15) is 0 Å². The van der Waals surface area contributed by atoms with Crippen molar-refractivity contribution in [1.82, 2.24) is 0 Å². The van der Waals surface area contributed by atoms with Crippen LogP contribution in [-0.2, 0) is 16.0 Å². The van der Waals surface area contributed by atoms with E-state index in [0.717, 1.165) is 16.7 Å². The number of carbonyl (C=O) groups excluding carboxylic acids is 3. The van der Waals surface area contributed by atoms with Crippen molar-refractivity contribution in [2.75, 3.05) is 11.9 Å². The number of rotatable bonds is 7. The number of hydrogen-bond donors (Lipinski definition) is 1. The Hall–Kier alpha value is -3.73. The molecule has 3 rings (SSSR count). The summed E-state index contributed by atoms with van der Waals surface area (Å²) in [4.78, 5) is 36.5. The Bertz CT molecular complexity index is 1060. The Morgan fingerprint density at radius 3 is 2.17 bits per heavy atom. The lowest BCUT2D eigenvalue weighted by atomic mass is 10.0. The molecule has 30 heavy (non-hydrogen) atoms. The maximum Gasteiger partial charge on any atom is 0.310 e. The summed E-state index contributed by atoms with van der Waals surface area (Å²) in [7, 11) is 0. The fourth-order valence-electron chi connectivity index (χ4n) is 2.89. The van der Waals surface area contributed by atoms with Crippen molar-refractivity contribution in [1.29, 1.82) is 0 Å². The van der Waals surface area contributed by atoms with Gasteiger partial charge in [0.05, 0.1) is 6.42 Å². The topological polar surface area (TPSA) is 72.5 Å². The predicted octanol–water partition coefficient (Wildman–Crippen LogP) is 4.52. The maximum atomic E-state index is 12.3. The average Bonchev–Trinajstić information content (AvgIpc) is 2.76. The minimum atomic E-state index is -0.446. The number of ether oxygens (including phenoxy) is 1. The van der Waals surface area contributed by atoms with Gasteiger partial charge in [-0.1, -0.05) is 36.4 Å². The normalized spacial score (nSPS) is 10.3. The van der Waals surface area contributed by atoms with Crippen LogP contribution in [0, 0.1) is 13.8 Å². The molecule has 5 heteroatoms. The molecule has 0 radical (unpaired) electrons. The van der Waals surface area contributed by atoms with E-state index in [2.05, 4.69) is 5.32 Å². The van der Waals surface area contributed by atoms with E-state index in [1.165, 1.54) is 0 Å². The number of Topliss-reactive ketones (excluding diaryl/α,β-unsaturated/α-hetero) is 1. The molecule has 1 N–H and O–H groups in total. The van der Waals surface area contributed by atoms with Crippen LogP contribution in [-0.4, -0.2) is 24.3 Å². The van der Waals surface area contributed by atoms with Crippen LogP contribution in [0.25, 0.3) is 0 Å². The number of carbonyl (C=O) groups is 3. The molecule has 0 fully saturated rings. The lowest BCUT2D eigenvalue weighted by Gasteiger charge is -2.08. The van der Waals surface area contributed by atoms with E-state index >= 15 is 0 Å². The number of amides is 1. The molecule has 1 amide bonds. The first kappa shape index (κ1) is 21.0. The molecule has 3 aromatic carbocycles. The van der Waals surface area contributed by atoms with Gasteiger partial charge in [0.15, 0.2) is 12.4 Å². The molecule has 0 aliphatic heterocycles. The molecule has 152 valence electrons. The van der Waals surface area contributed by atoms with Crippen LogP contribution < -0.4 is 5.32 Å². The van der Waals surface area contributed by atoms with Gasteiger partial charge in [-0.25, -0.2) is 0 Å². The van der Waals surface area contributed by atoms with E-state index in [1.54, 1.807) is 48.5 Å². The number of anilines is 1. The van der Waals surface area contributed by atoms with Crippen LogP contribution in [0.15, 0.2) is 72.8 Å². The summed E-state index contributed by atoms with van der Waals surface area (Å²) in [6, 6.07) is 21.1. The van der Waals surface area contributed by atoms with Crippen LogP contribution in [0.1, 0.15) is 37.4 Å². The second-order valence-electron chi connectivity index (χ2n) is 7.08. The molecule has 0 saturated carbocycles. The van der Waals surface area contributed by atoms with Crippen LogP contribution in [0.3, 0.4) is 0 Å². The van der Waals surface area contributed by atoms with E-state index in [-0.39, 0.29) is 24.7 Å². The average molecular weight is 401 g/mol. The van der Waals surface area contributed by atoms with Crippen LogP contribution in [0.4, 0.5) is 5.69 Å². The highest BCUT2D eigenvalue weighted by Crippen LogP contribution is 2.13. The minimum absolute atomic E-state index is 0.124. The molecule has 0 bridgehead atoms. The van der Waals surface area contributed by atoms with Crippen molar-refractivity contribution in [3.63, 3.8) is 0 Å². The molecule has 0 aliphatic carbocycles. The first-order valence-electron chi connectivity index (χ1n) is 9.64. The molecular weight excluding hydrogens is 378 g/mol. The first-order valence-corrected chi connectivity index (χ1v) is 9.64. The van der Waals surface area contributed by atoms with Gasteiger partial charge in [-0.3, -0.25) is 14.4 Å². The molecular formula is C25H23NO4. The van der Waals surface area contributed by atoms with Crippen LogP contribution in [0.5, 0.6) is 0 Å². The van der Waals surface area contributed by atoms with Crippen molar-refractivity contribution >= 4 is 23.3 Å². The van der Waals surface area contributed by atoms with Gasteiger partial charge >= 0.3 is 5.97 Å². The van der Waals surface area contributed by atoms with E-state index in [4.69, 9.17) is 4.74 Å². The quantitative estimate of drug-likeness (QED) is 0.467. The maximum absolute atomic E-state index is 12.3. The van der Waals surface area contributed by atoms with Gasteiger partial charge in [-0.05, 0) is 66.9 Å². The Labute approximate surface area is 175 Å². The molecule has 0 aromatic heterocycles. The Kier molecular flexibility index (Phi) is 6.75. The Morgan fingerprint density at radius 1 is 0.800 bits per heavy atom. The standard InChI is InChI=1S/C25H23NO4/c1-17-8-9-19(14-18(17)2)15-24(28)30-16-23(27)20-10-12-22(13-11-20)26-25(29)21-6-4-3-5-7-21/h3-14H,15-16H2,1-2H3,(H,26,29). The Morgan fingerprint density at radius 2 is 1.50 bits per heavy atom. The van der Waals surface area contributed by atoms with E-state index < -0.39 is 5.97 Å². The van der Waals surface area contributed by atoms with E-state index in [1.807, 2.05) is 38.1 Å². The van der Waals surface area contributed by atoms with Crippen LogP contribution in [0.2, 0.25) is 0 Å².